The number of halogens is 3. The molecule has 1 aliphatic rings. The predicted molar refractivity (Wildman–Crippen MR) is 47.1 cm³/mol. The van der Waals surface area contributed by atoms with Crippen molar-refractivity contribution in [3.8, 4) is 0 Å². The van der Waals surface area contributed by atoms with Gasteiger partial charge in [-0.1, -0.05) is 0 Å². The van der Waals surface area contributed by atoms with Crippen LogP contribution >= 0.6 is 0 Å². The Morgan fingerprint density at radius 1 is 1.50 bits per heavy atom. The minimum atomic E-state index is -4.09. The molecule has 0 aromatic rings. The van der Waals surface area contributed by atoms with Gasteiger partial charge in [0.15, 0.2) is 0 Å². The van der Waals surface area contributed by atoms with Crippen molar-refractivity contribution in [1.82, 2.24) is 5.32 Å². The summed E-state index contributed by atoms with van der Waals surface area (Å²) in [6, 6.07) is -0.475. The van der Waals surface area contributed by atoms with Crippen LogP contribution in [0.1, 0.15) is 26.7 Å². The summed E-state index contributed by atoms with van der Waals surface area (Å²) in [6.07, 6.45) is -4.06. The Labute approximate surface area is 81.8 Å². The maximum Gasteiger partial charge on any atom is 0.390 e. The molecule has 5 heteroatoms. The lowest BCUT2D eigenvalue weighted by atomic mass is 10.1. The molecular weight excluding hydrogens is 195 g/mol. The average Bonchev–Trinajstić information content (AvgIpc) is 2.32. The van der Waals surface area contributed by atoms with Crippen LogP contribution in [0.2, 0.25) is 0 Å². The molecule has 3 atom stereocenters. The minimum absolute atomic E-state index is 0.0192. The highest BCUT2D eigenvalue weighted by atomic mass is 19.4. The first-order valence-electron chi connectivity index (χ1n) is 4.83. The molecule has 1 heterocycles. The van der Waals surface area contributed by atoms with Gasteiger partial charge in [0.2, 0.25) is 0 Å². The van der Waals surface area contributed by atoms with E-state index in [1.807, 2.05) is 6.92 Å². The molecule has 0 bridgehead atoms. The van der Waals surface area contributed by atoms with Gasteiger partial charge in [-0.05, 0) is 20.3 Å². The van der Waals surface area contributed by atoms with Crippen LogP contribution in [-0.2, 0) is 4.74 Å². The van der Waals surface area contributed by atoms with Crippen molar-refractivity contribution < 1.29 is 17.9 Å². The van der Waals surface area contributed by atoms with E-state index < -0.39 is 18.6 Å². The van der Waals surface area contributed by atoms with Gasteiger partial charge < -0.3 is 10.1 Å². The molecule has 1 N–H and O–H groups in total. The number of hydrogen-bond donors (Lipinski definition) is 1. The van der Waals surface area contributed by atoms with Crippen molar-refractivity contribution >= 4 is 0 Å². The smallest absolute Gasteiger partial charge is 0.377 e. The number of hydrogen-bond acceptors (Lipinski definition) is 2. The summed E-state index contributed by atoms with van der Waals surface area (Å²) in [5, 5.41) is 2.94. The van der Waals surface area contributed by atoms with E-state index in [-0.39, 0.29) is 12.1 Å². The second-order valence-corrected chi connectivity index (χ2v) is 3.86. The molecule has 1 saturated heterocycles. The van der Waals surface area contributed by atoms with Crippen molar-refractivity contribution in [2.75, 3.05) is 6.61 Å². The van der Waals surface area contributed by atoms with Crippen LogP contribution < -0.4 is 5.32 Å². The van der Waals surface area contributed by atoms with E-state index in [4.69, 9.17) is 4.74 Å². The molecule has 0 spiro atoms. The van der Waals surface area contributed by atoms with Gasteiger partial charge in [-0.2, -0.15) is 13.2 Å². The first-order chi connectivity index (χ1) is 6.38. The Morgan fingerprint density at radius 3 is 2.57 bits per heavy atom. The maximum atomic E-state index is 12.0. The first-order valence-corrected chi connectivity index (χ1v) is 4.83. The quantitative estimate of drug-likeness (QED) is 0.771. The molecule has 1 aliphatic heterocycles. The Kier molecular flexibility index (Phi) is 3.78. The maximum absolute atomic E-state index is 12.0. The SMILES string of the molecule is CC(CC(F)(F)F)NC1CCOC1C. The lowest BCUT2D eigenvalue weighted by Gasteiger charge is -2.22. The van der Waals surface area contributed by atoms with E-state index in [0.29, 0.717) is 6.61 Å². The molecule has 0 amide bonds. The van der Waals surface area contributed by atoms with E-state index in [1.54, 1.807) is 6.92 Å². The van der Waals surface area contributed by atoms with Crippen LogP contribution in [0.4, 0.5) is 13.2 Å². The third-order valence-corrected chi connectivity index (χ3v) is 2.41. The number of ether oxygens (including phenoxy) is 1. The topological polar surface area (TPSA) is 21.3 Å². The predicted octanol–water partition coefficient (Wildman–Crippen LogP) is 2.09. The summed E-state index contributed by atoms with van der Waals surface area (Å²) in [5.41, 5.74) is 0. The van der Waals surface area contributed by atoms with E-state index in [9.17, 15) is 13.2 Å². The largest absolute Gasteiger partial charge is 0.390 e. The molecule has 0 aromatic carbocycles. The van der Waals surface area contributed by atoms with Gasteiger partial charge in [0, 0.05) is 18.7 Å². The van der Waals surface area contributed by atoms with Gasteiger partial charge in [0.05, 0.1) is 12.5 Å². The number of rotatable bonds is 3. The lowest BCUT2D eigenvalue weighted by molar-refractivity contribution is -0.139. The molecule has 1 rings (SSSR count). The third-order valence-electron chi connectivity index (χ3n) is 2.41. The van der Waals surface area contributed by atoms with Crippen LogP contribution in [0.5, 0.6) is 0 Å². The van der Waals surface area contributed by atoms with Crippen LogP contribution in [0.15, 0.2) is 0 Å². The van der Waals surface area contributed by atoms with Gasteiger partial charge in [0.1, 0.15) is 0 Å². The minimum Gasteiger partial charge on any atom is -0.377 e. The third kappa shape index (κ3) is 3.84. The van der Waals surface area contributed by atoms with E-state index in [1.165, 1.54) is 0 Å². The van der Waals surface area contributed by atoms with E-state index in [0.717, 1.165) is 6.42 Å². The summed E-state index contributed by atoms with van der Waals surface area (Å²) in [7, 11) is 0. The fraction of sp³-hybridized carbons (Fsp3) is 1.00. The molecule has 0 aliphatic carbocycles. The van der Waals surface area contributed by atoms with Crippen LogP contribution in [0, 0.1) is 0 Å². The van der Waals surface area contributed by atoms with Crippen LogP contribution in [-0.4, -0.2) is 31.0 Å². The van der Waals surface area contributed by atoms with E-state index >= 15 is 0 Å². The van der Waals surface area contributed by atoms with Crippen molar-refractivity contribution in [3.63, 3.8) is 0 Å². The fourth-order valence-corrected chi connectivity index (χ4v) is 1.72. The zero-order chi connectivity index (χ0) is 10.8. The highest BCUT2D eigenvalue weighted by Crippen LogP contribution is 2.22. The van der Waals surface area contributed by atoms with Crippen molar-refractivity contribution in [2.24, 2.45) is 0 Å². The standard InChI is InChI=1S/C9H16F3NO/c1-6(5-9(10,11)12)13-8-3-4-14-7(8)2/h6-8,13H,3-5H2,1-2H3. The van der Waals surface area contributed by atoms with Gasteiger partial charge in [-0.3, -0.25) is 0 Å². The van der Waals surface area contributed by atoms with Gasteiger partial charge in [0.25, 0.3) is 0 Å². The normalized spacial score (nSPS) is 30.6. The molecule has 1 fully saturated rings. The second-order valence-electron chi connectivity index (χ2n) is 3.86. The molecule has 2 nitrogen and oxygen atoms in total. The van der Waals surface area contributed by atoms with E-state index in [2.05, 4.69) is 5.32 Å². The monoisotopic (exact) mass is 211 g/mol. The summed E-state index contributed by atoms with van der Waals surface area (Å²) in [6.45, 7) is 4.07. The summed E-state index contributed by atoms with van der Waals surface area (Å²) in [5.74, 6) is 0. The molecule has 0 aromatic heterocycles. The summed E-state index contributed by atoms with van der Waals surface area (Å²) in [4.78, 5) is 0. The fourth-order valence-electron chi connectivity index (χ4n) is 1.72. The molecule has 14 heavy (non-hydrogen) atoms. The Bertz CT molecular complexity index is 183. The van der Waals surface area contributed by atoms with Gasteiger partial charge >= 0.3 is 6.18 Å². The molecule has 0 saturated carbocycles. The first kappa shape index (κ1) is 11.8. The van der Waals surface area contributed by atoms with Gasteiger partial charge in [-0.15, -0.1) is 0 Å². The van der Waals surface area contributed by atoms with Crippen molar-refractivity contribution in [2.45, 2.75) is 51.1 Å². The molecular formula is C9H16F3NO. The average molecular weight is 211 g/mol. The Balaban J connectivity index is 2.29. The zero-order valence-corrected chi connectivity index (χ0v) is 8.40. The zero-order valence-electron chi connectivity index (χ0n) is 8.40. The Morgan fingerprint density at radius 2 is 2.14 bits per heavy atom. The number of alkyl halides is 3. The highest BCUT2D eigenvalue weighted by molar-refractivity contribution is 4.82. The summed E-state index contributed by atoms with van der Waals surface area (Å²) >= 11 is 0. The van der Waals surface area contributed by atoms with Crippen LogP contribution in [0.3, 0.4) is 0 Å². The second kappa shape index (κ2) is 4.49. The Hall–Kier alpha value is -0.290. The lowest BCUT2D eigenvalue weighted by Crippen LogP contribution is -2.42. The molecule has 84 valence electrons. The molecule has 0 radical (unpaired) electrons. The van der Waals surface area contributed by atoms with Crippen LogP contribution in [0.25, 0.3) is 0 Å². The van der Waals surface area contributed by atoms with Crippen molar-refractivity contribution in [1.29, 1.82) is 0 Å². The van der Waals surface area contributed by atoms with Gasteiger partial charge in [-0.25, -0.2) is 0 Å². The van der Waals surface area contributed by atoms with Crippen molar-refractivity contribution in [3.05, 3.63) is 0 Å². The number of nitrogens with one attached hydrogen (secondary N) is 1. The molecule has 3 unspecified atom stereocenters. The highest BCUT2D eigenvalue weighted by Gasteiger charge is 2.32. The summed E-state index contributed by atoms with van der Waals surface area (Å²) < 4.78 is 41.3.